The van der Waals surface area contributed by atoms with Crippen LogP contribution in [0.25, 0.3) is 5.65 Å². The second kappa shape index (κ2) is 10.9. The standard InChI is InChI=1S/C24H31N7O2.ClH/c1-33-20-7-5-6-19(18-20)28-14-16-30(17-15-28)24(32)11-10-22-26-25-21-8-9-23(27-31(21)22)29-12-3-2-4-13-29;/h5-9,18H,2-4,10-17H2,1H3;1H. The molecular weight excluding hydrogens is 454 g/mol. The predicted molar refractivity (Wildman–Crippen MR) is 134 cm³/mol. The summed E-state index contributed by atoms with van der Waals surface area (Å²) in [7, 11) is 1.68. The predicted octanol–water partition coefficient (Wildman–Crippen LogP) is 2.83. The lowest BCUT2D eigenvalue weighted by atomic mass is 10.1. The number of piperidine rings is 1. The number of benzene rings is 1. The summed E-state index contributed by atoms with van der Waals surface area (Å²) in [6, 6.07) is 12.1. The van der Waals surface area contributed by atoms with Crippen molar-refractivity contribution in [2.45, 2.75) is 32.1 Å². The molecule has 2 fully saturated rings. The molecule has 0 spiro atoms. The zero-order valence-electron chi connectivity index (χ0n) is 19.6. The van der Waals surface area contributed by atoms with Gasteiger partial charge in [0.05, 0.1) is 7.11 Å². The Hall–Kier alpha value is -3.07. The number of nitrogens with zero attached hydrogens (tertiary/aromatic N) is 7. The van der Waals surface area contributed by atoms with E-state index in [2.05, 4.69) is 26.1 Å². The van der Waals surface area contributed by atoms with Gasteiger partial charge >= 0.3 is 0 Å². The third-order valence-electron chi connectivity index (χ3n) is 6.61. The Morgan fingerprint density at radius 2 is 1.74 bits per heavy atom. The number of aromatic nitrogens is 4. The molecule has 0 saturated carbocycles. The van der Waals surface area contributed by atoms with Crippen molar-refractivity contribution in [2.75, 3.05) is 56.2 Å². The molecular formula is C24H32ClN7O2. The Morgan fingerprint density at radius 1 is 0.941 bits per heavy atom. The monoisotopic (exact) mass is 485 g/mol. The van der Waals surface area contributed by atoms with Gasteiger partial charge in [0.15, 0.2) is 11.5 Å². The maximum Gasteiger partial charge on any atom is 0.223 e. The van der Waals surface area contributed by atoms with Crippen LogP contribution in [0.1, 0.15) is 31.5 Å². The van der Waals surface area contributed by atoms with Crippen LogP contribution >= 0.6 is 12.4 Å². The molecule has 0 unspecified atom stereocenters. The van der Waals surface area contributed by atoms with Gasteiger partial charge in [-0.3, -0.25) is 4.79 Å². The van der Waals surface area contributed by atoms with Gasteiger partial charge in [0.1, 0.15) is 11.6 Å². The zero-order valence-corrected chi connectivity index (χ0v) is 20.4. The highest BCUT2D eigenvalue weighted by Crippen LogP contribution is 2.22. The molecule has 0 N–H and O–H groups in total. The quantitative estimate of drug-likeness (QED) is 0.531. The summed E-state index contributed by atoms with van der Waals surface area (Å²) in [5.41, 5.74) is 1.86. The van der Waals surface area contributed by atoms with Gasteiger partial charge in [0, 0.05) is 63.9 Å². The summed E-state index contributed by atoms with van der Waals surface area (Å²) in [6.45, 7) is 5.13. The van der Waals surface area contributed by atoms with Crippen LogP contribution in [0.5, 0.6) is 5.75 Å². The van der Waals surface area contributed by atoms with E-state index in [4.69, 9.17) is 9.84 Å². The fourth-order valence-electron chi connectivity index (χ4n) is 4.67. The molecule has 2 aromatic heterocycles. The number of fused-ring (bicyclic) bond motifs is 1. The number of aryl methyl sites for hydroxylation is 1. The number of methoxy groups -OCH3 is 1. The number of carbonyl (C=O) groups excluding carboxylic acids is 1. The molecule has 3 aromatic rings. The SMILES string of the molecule is COc1cccc(N2CCN(C(=O)CCc3nnc4ccc(N5CCCCC5)nn34)CC2)c1.Cl. The number of hydrogen-bond acceptors (Lipinski definition) is 7. The first-order valence-electron chi connectivity index (χ1n) is 11.8. The van der Waals surface area contributed by atoms with E-state index in [-0.39, 0.29) is 18.3 Å². The molecule has 34 heavy (non-hydrogen) atoms. The maximum absolute atomic E-state index is 12.9. The van der Waals surface area contributed by atoms with Crippen molar-refractivity contribution in [3.8, 4) is 5.75 Å². The van der Waals surface area contributed by atoms with E-state index in [9.17, 15) is 4.79 Å². The van der Waals surface area contributed by atoms with E-state index in [0.29, 0.717) is 25.9 Å². The van der Waals surface area contributed by atoms with E-state index in [1.54, 1.807) is 11.6 Å². The second-order valence-electron chi connectivity index (χ2n) is 8.69. The van der Waals surface area contributed by atoms with Crippen LogP contribution in [0.15, 0.2) is 36.4 Å². The Kier molecular flexibility index (Phi) is 7.72. The molecule has 2 aliphatic rings. The van der Waals surface area contributed by atoms with Crippen LogP contribution in [0.4, 0.5) is 11.5 Å². The van der Waals surface area contributed by atoms with Crippen LogP contribution in [-0.2, 0) is 11.2 Å². The first-order valence-corrected chi connectivity index (χ1v) is 11.8. The Morgan fingerprint density at radius 3 is 2.50 bits per heavy atom. The largest absolute Gasteiger partial charge is 0.497 e. The molecule has 0 atom stereocenters. The first-order chi connectivity index (χ1) is 16.2. The number of rotatable bonds is 6. The maximum atomic E-state index is 12.9. The summed E-state index contributed by atoms with van der Waals surface area (Å²) in [6.07, 6.45) is 4.64. The van der Waals surface area contributed by atoms with Crippen LogP contribution < -0.4 is 14.5 Å². The molecule has 182 valence electrons. The Bertz CT molecular complexity index is 1110. The minimum Gasteiger partial charge on any atom is -0.497 e. The second-order valence-corrected chi connectivity index (χ2v) is 8.69. The number of carbonyl (C=O) groups is 1. The summed E-state index contributed by atoms with van der Waals surface area (Å²) in [5.74, 6) is 2.71. The summed E-state index contributed by atoms with van der Waals surface area (Å²) in [5, 5.41) is 13.3. The highest BCUT2D eigenvalue weighted by molar-refractivity contribution is 5.85. The van der Waals surface area contributed by atoms with Crippen molar-refractivity contribution in [2.24, 2.45) is 0 Å². The van der Waals surface area contributed by atoms with Crippen LogP contribution in [0.3, 0.4) is 0 Å². The van der Waals surface area contributed by atoms with Gasteiger partial charge in [-0.2, -0.15) is 4.52 Å². The number of piperazine rings is 1. The molecule has 2 saturated heterocycles. The van der Waals surface area contributed by atoms with E-state index in [0.717, 1.165) is 54.9 Å². The van der Waals surface area contributed by atoms with Gasteiger partial charge < -0.3 is 19.4 Å². The van der Waals surface area contributed by atoms with Crippen molar-refractivity contribution in [3.63, 3.8) is 0 Å². The highest BCUT2D eigenvalue weighted by atomic mass is 35.5. The molecule has 4 heterocycles. The minimum absolute atomic E-state index is 0. The van der Waals surface area contributed by atoms with Crippen LogP contribution in [0, 0.1) is 0 Å². The molecule has 1 aromatic carbocycles. The lowest BCUT2D eigenvalue weighted by Gasteiger charge is -2.36. The lowest BCUT2D eigenvalue weighted by molar-refractivity contribution is -0.131. The third-order valence-corrected chi connectivity index (χ3v) is 6.61. The Labute approximate surface area is 206 Å². The summed E-state index contributed by atoms with van der Waals surface area (Å²) in [4.78, 5) is 19.5. The van der Waals surface area contributed by atoms with Crippen molar-refractivity contribution >= 4 is 35.5 Å². The van der Waals surface area contributed by atoms with Gasteiger partial charge in [-0.05, 0) is 43.5 Å². The minimum atomic E-state index is 0. The van der Waals surface area contributed by atoms with E-state index in [1.165, 1.54) is 19.3 Å². The average Bonchev–Trinajstić information content (AvgIpc) is 3.30. The average molecular weight is 486 g/mol. The van der Waals surface area contributed by atoms with Crippen LogP contribution in [-0.4, -0.2) is 77.0 Å². The van der Waals surface area contributed by atoms with Gasteiger partial charge in [-0.25, -0.2) is 0 Å². The molecule has 0 aliphatic carbocycles. The van der Waals surface area contributed by atoms with Crippen molar-refractivity contribution in [3.05, 3.63) is 42.2 Å². The Balaban J connectivity index is 0.00000274. The molecule has 1 amide bonds. The molecule has 0 bridgehead atoms. The molecule has 0 radical (unpaired) electrons. The van der Waals surface area contributed by atoms with Gasteiger partial charge in [-0.15, -0.1) is 27.7 Å². The van der Waals surface area contributed by atoms with Crippen molar-refractivity contribution in [1.29, 1.82) is 0 Å². The zero-order chi connectivity index (χ0) is 22.6. The van der Waals surface area contributed by atoms with Gasteiger partial charge in [0.25, 0.3) is 0 Å². The first kappa shape index (κ1) is 24.1. The van der Waals surface area contributed by atoms with E-state index in [1.807, 2.05) is 35.2 Å². The third kappa shape index (κ3) is 5.19. The number of amides is 1. The van der Waals surface area contributed by atoms with E-state index < -0.39 is 0 Å². The fraction of sp³-hybridized carbons (Fsp3) is 0.500. The number of ether oxygens (including phenoxy) is 1. The normalized spacial score (nSPS) is 16.4. The van der Waals surface area contributed by atoms with Crippen molar-refractivity contribution < 1.29 is 9.53 Å². The number of anilines is 2. The van der Waals surface area contributed by atoms with Gasteiger partial charge in [-0.1, -0.05) is 6.07 Å². The fourth-order valence-corrected chi connectivity index (χ4v) is 4.67. The molecule has 9 nitrogen and oxygen atoms in total. The summed E-state index contributed by atoms with van der Waals surface area (Å²) < 4.78 is 7.14. The topological polar surface area (TPSA) is 79.1 Å². The smallest absolute Gasteiger partial charge is 0.223 e. The summed E-state index contributed by atoms with van der Waals surface area (Å²) >= 11 is 0. The molecule has 10 heteroatoms. The number of halogens is 1. The van der Waals surface area contributed by atoms with Gasteiger partial charge in [0.2, 0.25) is 5.91 Å². The molecule has 5 rings (SSSR count). The lowest BCUT2D eigenvalue weighted by Crippen LogP contribution is -2.48. The molecule has 2 aliphatic heterocycles. The highest BCUT2D eigenvalue weighted by Gasteiger charge is 2.22. The van der Waals surface area contributed by atoms with Crippen LogP contribution in [0.2, 0.25) is 0 Å². The van der Waals surface area contributed by atoms with Crippen molar-refractivity contribution in [1.82, 2.24) is 24.7 Å². The van der Waals surface area contributed by atoms with E-state index >= 15 is 0 Å². The number of hydrogen-bond donors (Lipinski definition) is 0.